The minimum atomic E-state index is -0.260. The van der Waals surface area contributed by atoms with Gasteiger partial charge in [0.05, 0.1) is 18.0 Å². The molecule has 0 saturated carbocycles. The molecule has 1 aliphatic carbocycles. The number of anilines is 1. The van der Waals surface area contributed by atoms with Crippen molar-refractivity contribution >= 4 is 23.4 Å². The summed E-state index contributed by atoms with van der Waals surface area (Å²) in [6, 6.07) is 13.8. The molecule has 0 atom stereocenters. The van der Waals surface area contributed by atoms with Gasteiger partial charge in [-0.15, -0.1) is 0 Å². The fraction of sp³-hybridized carbons (Fsp3) is 0.333. The van der Waals surface area contributed by atoms with Crippen LogP contribution in [-0.2, 0) is 30.6 Å². The topological polar surface area (TPSA) is 68.1 Å². The molecule has 5 rings (SSSR count). The fourth-order valence-corrected chi connectivity index (χ4v) is 5.48. The number of para-hydroxylation sites is 1. The maximum absolute atomic E-state index is 13.0. The molecule has 0 saturated heterocycles. The Balaban J connectivity index is 1.36. The molecule has 0 bridgehead atoms. The number of carbonyl (C=O) groups excluding carboxylic acids is 1. The van der Waals surface area contributed by atoms with Crippen LogP contribution in [0.25, 0.3) is 0 Å². The van der Waals surface area contributed by atoms with Crippen LogP contribution in [0.1, 0.15) is 35.4 Å². The van der Waals surface area contributed by atoms with E-state index in [9.17, 15) is 9.59 Å². The SMILES string of the molecule is O=C(CSc1nc(=O)n(Cc2ccccn2)c2c1CCC2)N1CCCc2ccccc21. The van der Waals surface area contributed by atoms with Gasteiger partial charge < -0.3 is 4.90 Å². The minimum absolute atomic E-state index is 0.0726. The molecule has 0 radical (unpaired) electrons. The average molecular weight is 433 g/mol. The average Bonchev–Trinajstić information content (AvgIpc) is 3.30. The van der Waals surface area contributed by atoms with Gasteiger partial charge >= 0.3 is 5.69 Å². The van der Waals surface area contributed by atoms with Crippen molar-refractivity contribution in [2.45, 2.75) is 43.7 Å². The lowest BCUT2D eigenvalue weighted by Crippen LogP contribution is -2.36. The normalized spacial score (nSPS) is 14.9. The van der Waals surface area contributed by atoms with Crippen LogP contribution in [0.3, 0.4) is 0 Å². The highest BCUT2D eigenvalue weighted by atomic mass is 32.2. The van der Waals surface area contributed by atoms with E-state index in [1.807, 2.05) is 41.3 Å². The Labute approximate surface area is 185 Å². The predicted octanol–water partition coefficient (Wildman–Crippen LogP) is 3.25. The van der Waals surface area contributed by atoms with Crippen molar-refractivity contribution in [2.75, 3.05) is 17.2 Å². The van der Waals surface area contributed by atoms with E-state index < -0.39 is 0 Å². The molecule has 0 unspecified atom stereocenters. The smallest absolute Gasteiger partial charge is 0.311 e. The third kappa shape index (κ3) is 4.02. The first-order chi connectivity index (χ1) is 15.2. The van der Waals surface area contributed by atoms with Gasteiger partial charge in [-0.3, -0.25) is 14.3 Å². The number of aromatic nitrogens is 3. The second kappa shape index (κ2) is 8.67. The summed E-state index contributed by atoms with van der Waals surface area (Å²) in [6.45, 7) is 1.18. The van der Waals surface area contributed by atoms with Gasteiger partial charge in [0.25, 0.3) is 0 Å². The van der Waals surface area contributed by atoms with Crippen LogP contribution < -0.4 is 10.6 Å². The van der Waals surface area contributed by atoms with Crippen LogP contribution in [0.15, 0.2) is 58.5 Å². The number of fused-ring (bicyclic) bond motifs is 2. The number of amides is 1. The quantitative estimate of drug-likeness (QED) is 0.457. The van der Waals surface area contributed by atoms with Gasteiger partial charge in [0, 0.05) is 29.7 Å². The van der Waals surface area contributed by atoms with Gasteiger partial charge in [0.15, 0.2) is 0 Å². The number of hydrogen-bond acceptors (Lipinski definition) is 5. The summed E-state index contributed by atoms with van der Waals surface area (Å²) in [6.07, 6.45) is 6.49. The summed E-state index contributed by atoms with van der Waals surface area (Å²) >= 11 is 1.40. The Morgan fingerprint density at radius 1 is 1.03 bits per heavy atom. The van der Waals surface area contributed by atoms with E-state index >= 15 is 0 Å². The van der Waals surface area contributed by atoms with Crippen molar-refractivity contribution in [1.82, 2.24) is 14.5 Å². The fourth-order valence-electron chi connectivity index (χ4n) is 4.52. The van der Waals surface area contributed by atoms with E-state index in [0.717, 1.165) is 61.3 Å². The molecular formula is C24H24N4O2S. The summed E-state index contributed by atoms with van der Waals surface area (Å²) in [5.41, 5.74) is 4.99. The lowest BCUT2D eigenvalue weighted by Gasteiger charge is -2.29. The van der Waals surface area contributed by atoms with Gasteiger partial charge in [-0.25, -0.2) is 4.79 Å². The predicted molar refractivity (Wildman–Crippen MR) is 122 cm³/mol. The van der Waals surface area contributed by atoms with Gasteiger partial charge in [-0.05, 0) is 55.9 Å². The number of carbonyl (C=O) groups is 1. The van der Waals surface area contributed by atoms with Gasteiger partial charge in [0.2, 0.25) is 5.91 Å². The third-order valence-electron chi connectivity index (χ3n) is 5.99. The number of benzene rings is 1. The molecule has 1 amide bonds. The molecule has 6 nitrogen and oxygen atoms in total. The van der Waals surface area contributed by atoms with Crippen LogP contribution >= 0.6 is 11.8 Å². The Bertz CT molecular complexity index is 1180. The minimum Gasteiger partial charge on any atom is -0.311 e. The van der Waals surface area contributed by atoms with Gasteiger partial charge in [-0.2, -0.15) is 4.98 Å². The Kier molecular flexibility index (Phi) is 5.59. The zero-order valence-corrected chi connectivity index (χ0v) is 18.1. The second-order valence-corrected chi connectivity index (χ2v) is 8.92. The molecule has 3 aromatic rings. The molecule has 1 aliphatic heterocycles. The van der Waals surface area contributed by atoms with Crippen molar-refractivity contribution in [3.63, 3.8) is 0 Å². The van der Waals surface area contributed by atoms with E-state index in [0.29, 0.717) is 11.6 Å². The maximum Gasteiger partial charge on any atom is 0.349 e. The van der Waals surface area contributed by atoms with Crippen molar-refractivity contribution < 1.29 is 4.79 Å². The number of nitrogens with zero attached hydrogens (tertiary/aromatic N) is 4. The molecule has 1 aromatic carbocycles. The lowest BCUT2D eigenvalue weighted by atomic mass is 10.0. The van der Waals surface area contributed by atoms with Crippen molar-refractivity contribution in [1.29, 1.82) is 0 Å². The van der Waals surface area contributed by atoms with E-state index in [4.69, 9.17) is 0 Å². The van der Waals surface area contributed by atoms with Crippen LogP contribution in [0.2, 0.25) is 0 Å². The summed E-state index contributed by atoms with van der Waals surface area (Å²) in [7, 11) is 0. The van der Waals surface area contributed by atoms with E-state index in [2.05, 4.69) is 16.0 Å². The zero-order chi connectivity index (χ0) is 21.2. The summed E-state index contributed by atoms with van der Waals surface area (Å²) < 4.78 is 1.75. The molecule has 2 aromatic heterocycles. The van der Waals surface area contributed by atoms with Crippen LogP contribution in [0.4, 0.5) is 5.69 Å². The lowest BCUT2D eigenvalue weighted by molar-refractivity contribution is -0.116. The molecular weight excluding hydrogens is 408 g/mol. The number of pyridine rings is 1. The Hall–Kier alpha value is -2.93. The summed E-state index contributed by atoms with van der Waals surface area (Å²) in [5, 5.41) is 0.716. The zero-order valence-electron chi connectivity index (χ0n) is 17.3. The number of aryl methyl sites for hydroxylation is 1. The molecule has 0 spiro atoms. The maximum atomic E-state index is 13.0. The number of hydrogen-bond donors (Lipinski definition) is 0. The summed E-state index contributed by atoms with van der Waals surface area (Å²) in [5.74, 6) is 0.362. The van der Waals surface area contributed by atoms with E-state index in [1.54, 1.807) is 10.8 Å². The van der Waals surface area contributed by atoms with Crippen molar-refractivity contribution in [3.8, 4) is 0 Å². The monoisotopic (exact) mass is 432 g/mol. The first kappa shape index (κ1) is 20.0. The summed E-state index contributed by atoms with van der Waals surface area (Å²) in [4.78, 5) is 36.4. The first-order valence-electron chi connectivity index (χ1n) is 10.7. The molecule has 0 fully saturated rings. The highest BCUT2D eigenvalue weighted by molar-refractivity contribution is 8.00. The van der Waals surface area contributed by atoms with Crippen molar-refractivity contribution in [2.24, 2.45) is 0 Å². The van der Waals surface area contributed by atoms with Crippen molar-refractivity contribution in [3.05, 3.63) is 81.7 Å². The third-order valence-corrected chi connectivity index (χ3v) is 6.99. The van der Waals surface area contributed by atoms with Gasteiger partial charge in [0.1, 0.15) is 5.03 Å². The molecule has 7 heteroatoms. The van der Waals surface area contributed by atoms with Crippen LogP contribution in [0, 0.1) is 0 Å². The number of thioether (sulfide) groups is 1. The highest BCUT2D eigenvalue weighted by Gasteiger charge is 2.25. The van der Waals surface area contributed by atoms with Crippen LogP contribution in [0.5, 0.6) is 0 Å². The van der Waals surface area contributed by atoms with Crippen LogP contribution in [-0.4, -0.2) is 32.7 Å². The standard InChI is InChI=1S/C24H24N4O2S/c29-22(27-14-6-8-17-7-1-2-11-20(17)27)16-31-23-19-10-5-12-21(19)28(24(30)26-23)15-18-9-3-4-13-25-18/h1-4,7,9,11,13H,5-6,8,10,12,14-16H2. The molecule has 0 N–H and O–H groups in total. The molecule has 2 aliphatic rings. The molecule has 3 heterocycles. The Morgan fingerprint density at radius 3 is 2.77 bits per heavy atom. The molecule has 31 heavy (non-hydrogen) atoms. The Morgan fingerprint density at radius 2 is 1.90 bits per heavy atom. The van der Waals surface area contributed by atoms with E-state index in [1.165, 1.54) is 17.3 Å². The highest BCUT2D eigenvalue weighted by Crippen LogP contribution is 2.31. The van der Waals surface area contributed by atoms with Gasteiger partial charge in [-0.1, -0.05) is 36.0 Å². The molecule has 158 valence electrons. The van der Waals surface area contributed by atoms with E-state index in [-0.39, 0.29) is 17.3 Å². The first-order valence-corrected chi connectivity index (χ1v) is 11.7. The largest absolute Gasteiger partial charge is 0.349 e. The number of rotatable bonds is 5. The second-order valence-electron chi connectivity index (χ2n) is 7.95.